The van der Waals surface area contributed by atoms with E-state index in [4.69, 9.17) is 10.5 Å². The molecule has 2 N–H and O–H groups in total. The van der Waals surface area contributed by atoms with Gasteiger partial charge in [-0.15, -0.1) is 0 Å². The van der Waals surface area contributed by atoms with Crippen molar-refractivity contribution in [2.45, 2.75) is 39.3 Å². The van der Waals surface area contributed by atoms with E-state index in [1.165, 1.54) is 0 Å². The van der Waals surface area contributed by atoms with E-state index in [9.17, 15) is 4.79 Å². The van der Waals surface area contributed by atoms with Gasteiger partial charge in [0.2, 0.25) is 0 Å². The smallest absolute Gasteiger partial charge is 0.410 e. The Labute approximate surface area is 115 Å². The minimum Gasteiger partial charge on any atom is -0.444 e. The predicted octanol–water partition coefficient (Wildman–Crippen LogP) is 2.77. The molecule has 0 heterocycles. The summed E-state index contributed by atoms with van der Waals surface area (Å²) in [6, 6.07) is 9.89. The van der Waals surface area contributed by atoms with Crippen LogP contribution in [0.25, 0.3) is 0 Å². The zero-order chi connectivity index (χ0) is 14.3. The van der Waals surface area contributed by atoms with Crippen LogP contribution >= 0.6 is 0 Å². The van der Waals surface area contributed by atoms with Crippen molar-refractivity contribution in [2.75, 3.05) is 13.1 Å². The molecule has 1 aromatic carbocycles. The first kappa shape index (κ1) is 15.5. The maximum Gasteiger partial charge on any atom is 0.410 e. The Bertz CT molecular complexity index is 385. The summed E-state index contributed by atoms with van der Waals surface area (Å²) in [7, 11) is 0. The van der Waals surface area contributed by atoms with Gasteiger partial charge >= 0.3 is 6.09 Å². The molecule has 0 atom stereocenters. The highest BCUT2D eigenvalue weighted by molar-refractivity contribution is 5.68. The molecule has 1 amide bonds. The minimum absolute atomic E-state index is 0.287. The van der Waals surface area contributed by atoms with Gasteiger partial charge in [-0.05, 0) is 39.3 Å². The molecule has 0 aliphatic carbocycles. The highest BCUT2D eigenvalue weighted by atomic mass is 16.6. The number of benzene rings is 1. The molecule has 19 heavy (non-hydrogen) atoms. The molecule has 0 bridgehead atoms. The van der Waals surface area contributed by atoms with Crippen molar-refractivity contribution < 1.29 is 9.53 Å². The summed E-state index contributed by atoms with van der Waals surface area (Å²) in [5.41, 5.74) is 6.13. The largest absolute Gasteiger partial charge is 0.444 e. The summed E-state index contributed by atoms with van der Waals surface area (Å²) in [5.74, 6) is 0. The second-order valence-electron chi connectivity index (χ2n) is 5.53. The van der Waals surface area contributed by atoms with Gasteiger partial charge in [0.25, 0.3) is 0 Å². The monoisotopic (exact) mass is 264 g/mol. The molecule has 0 saturated heterocycles. The van der Waals surface area contributed by atoms with Gasteiger partial charge in [-0.1, -0.05) is 30.3 Å². The molecular formula is C15H24N2O2. The molecular weight excluding hydrogens is 240 g/mol. The summed E-state index contributed by atoms with van der Waals surface area (Å²) >= 11 is 0. The molecule has 0 unspecified atom stereocenters. The van der Waals surface area contributed by atoms with Crippen LogP contribution in [-0.2, 0) is 11.3 Å². The lowest BCUT2D eigenvalue weighted by Gasteiger charge is -2.27. The number of carbonyl (C=O) groups excluding carboxylic acids is 1. The van der Waals surface area contributed by atoms with E-state index in [1.54, 1.807) is 4.90 Å². The predicted molar refractivity (Wildman–Crippen MR) is 76.8 cm³/mol. The Morgan fingerprint density at radius 2 is 1.89 bits per heavy atom. The number of carbonyl (C=O) groups is 1. The summed E-state index contributed by atoms with van der Waals surface area (Å²) in [5, 5.41) is 0. The first-order chi connectivity index (χ1) is 8.92. The lowest BCUT2D eigenvalue weighted by atomic mass is 10.2. The number of amides is 1. The average molecular weight is 264 g/mol. The van der Waals surface area contributed by atoms with Crippen molar-refractivity contribution >= 4 is 6.09 Å². The molecule has 4 nitrogen and oxygen atoms in total. The van der Waals surface area contributed by atoms with Crippen molar-refractivity contribution in [3.63, 3.8) is 0 Å². The molecule has 0 spiro atoms. The SMILES string of the molecule is CC(C)(C)OC(=O)N(CCCN)Cc1ccccc1. The quantitative estimate of drug-likeness (QED) is 0.889. The van der Waals surface area contributed by atoms with Crippen molar-refractivity contribution in [1.82, 2.24) is 4.90 Å². The molecule has 0 aromatic heterocycles. The van der Waals surface area contributed by atoms with Crippen LogP contribution in [0, 0.1) is 0 Å². The first-order valence-electron chi connectivity index (χ1n) is 6.64. The van der Waals surface area contributed by atoms with Gasteiger partial charge in [0.05, 0.1) is 0 Å². The van der Waals surface area contributed by atoms with E-state index in [-0.39, 0.29) is 6.09 Å². The van der Waals surface area contributed by atoms with Crippen LogP contribution in [0.2, 0.25) is 0 Å². The molecule has 0 aliphatic rings. The Kier molecular flexibility index (Phi) is 5.83. The van der Waals surface area contributed by atoms with Crippen LogP contribution in [0.5, 0.6) is 0 Å². The number of nitrogens with two attached hydrogens (primary N) is 1. The third kappa shape index (κ3) is 6.25. The highest BCUT2D eigenvalue weighted by Gasteiger charge is 2.21. The normalized spacial score (nSPS) is 11.2. The topological polar surface area (TPSA) is 55.6 Å². The zero-order valence-electron chi connectivity index (χ0n) is 12.1. The zero-order valence-corrected chi connectivity index (χ0v) is 12.1. The number of hydrogen-bond donors (Lipinski definition) is 1. The van der Waals surface area contributed by atoms with E-state index in [0.29, 0.717) is 19.6 Å². The van der Waals surface area contributed by atoms with Gasteiger partial charge in [0.15, 0.2) is 0 Å². The van der Waals surface area contributed by atoms with E-state index in [2.05, 4.69) is 0 Å². The van der Waals surface area contributed by atoms with Crippen LogP contribution < -0.4 is 5.73 Å². The molecule has 1 aromatic rings. The Balaban J connectivity index is 2.68. The van der Waals surface area contributed by atoms with Crippen molar-refractivity contribution in [3.05, 3.63) is 35.9 Å². The van der Waals surface area contributed by atoms with E-state index < -0.39 is 5.60 Å². The lowest BCUT2D eigenvalue weighted by Crippen LogP contribution is -2.37. The van der Waals surface area contributed by atoms with Gasteiger partial charge in [0, 0.05) is 13.1 Å². The number of ether oxygens (including phenoxy) is 1. The van der Waals surface area contributed by atoms with E-state index in [1.807, 2.05) is 51.1 Å². The number of rotatable bonds is 5. The third-order valence-electron chi connectivity index (χ3n) is 2.50. The second kappa shape index (κ2) is 7.14. The molecule has 0 aliphatic heterocycles. The first-order valence-corrected chi connectivity index (χ1v) is 6.64. The second-order valence-corrected chi connectivity index (χ2v) is 5.53. The van der Waals surface area contributed by atoms with Crippen LogP contribution in [0.4, 0.5) is 4.79 Å². The fourth-order valence-electron chi connectivity index (χ4n) is 1.65. The van der Waals surface area contributed by atoms with Gasteiger partial charge in [-0.2, -0.15) is 0 Å². The third-order valence-corrected chi connectivity index (χ3v) is 2.50. The van der Waals surface area contributed by atoms with Gasteiger partial charge in [0.1, 0.15) is 5.60 Å². The van der Waals surface area contributed by atoms with Crippen molar-refractivity contribution in [3.8, 4) is 0 Å². The molecule has 4 heteroatoms. The highest BCUT2D eigenvalue weighted by Crippen LogP contribution is 2.13. The maximum absolute atomic E-state index is 12.1. The number of hydrogen-bond acceptors (Lipinski definition) is 3. The summed E-state index contributed by atoms with van der Waals surface area (Å²) in [4.78, 5) is 13.8. The average Bonchev–Trinajstić information content (AvgIpc) is 2.33. The summed E-state index contributed by atoms with van der Waals surface area (Å²) < 4.78 is 5.42. The molecule has 0 saturated carbocycles. The standard InChI is InChI=1S/C15H24N2O2/c1-15(2,3)19-14(18)17(11-7-10-16)12-13-8-5-4-6-9-13/h4-6,8-9H,7,10-12,16H2,1-3H3. The molecule has 106 valence electrons. The molecule has 0 radical (unpaired) electrons. The van der Waals surface area contributed by atoms with Crippen molar-refractivity contribution in [1.29, 1.82) is 0 Å². The van der Waals surface area contributed by atoms with E-state index in [0.717, 1.165) is 12.0 Å². The van der Waals surface area contributed by atoms with Gasteiger partial charge < -0.3 is 15.4 Å². The molecule has 0 fully saturated rings. The van der Waals surface area contributed by atoms with Crippen molar-refractivity contribution in [2.24, 2.45) is 5.73 Å². The van der Waals surface area contributed by atoms with Crippen LogP contribution in [0.3, 0.4) is 0 Å². The fraction of sp³-hybridized carbons (Fsp3) is 0.533. The van der Waals surface area contributed by atoms with Gasteiger partial charge in [-0.25, -0.2) is 4.79 Å². The fourth-order valence-corrected chi connectivity index (χ4v) is 1.65. The Morgan fingerprint density at radius 1 is 1.26 bits per heavy atom. The van der Waals surface area contributed by atoms with E-state index >= 15 is 0 Å². The molecule has 1 rings (SSSR count). The lowest BCUT2D eigenvalue weighted by molar-refractivity contribution is 0.0232. The minimum atomic E-state index is -0.477. The van der Waals surface area contributed by atoms with Crippen LogP contribution in [0.1, 0.15) is 32.8 Å². The van der Waals surface area contributed by atoms with Gasteiger partial charge in [-0.3, -0.25) is 0 Å². The summed E-state index contributed by atoms with van der Waals surface area (Å²) in [6.45, 7) is 7.34. The van der Waals surface area contributed by atoms with Crippen LogP contribution in [0.15, 0.2) is 30.3 Å². The van der Waals surface area contributed by atoms with Crippen LogP contribution in [-0.4, -0.2) is 29.7 Å². The Morgan fingerprint density at radius 3 is 2.42 bits per heavy atom. The number of nitrogens with zero attached hydrogens (tertiary/aromatic N) is 1. The summed E-state index contributed by atoms with van der Waals surface area (Å²) in [6.07, 6.45) is 0.483. The maximum atomic E-state index is 12.1. The Hall–Kier alpha value is -1.55.